The second-order valence-corrected chi connectivity index (χ2v) is 5.83. The predicted molar refractivity (Wildman–Crippen MR) is 108 cm³/mol. The van der Waals surface area contributed by atoms with Crippen molar-refractivity contribution in [1.82, 2.24) is 0 Å². The minimum Gasteiger partial charge on any atom is -0.493 e. The Balaban J connectivity index is 0.000000479. The third-order valence-electron chi connectivity index (χ3n) is 3.58. The standard InChI is InChI=1S/C16H18N2O4.C4H4O4/c1-11-6-7-13(18(19)20)15(10-11)22-14-5-3-4-12(8-9-17)16(14)21-2;5-3(6)1-2-4(7)8/h3-7,10H,8-9,17H2,1-2H3;1-2H,(H,5,6)(H,7,8)/b;2-1+. The van der Waals surface area contributed by atoms with Gasteiger partial charge in [0.1, 0.15) is 0 Å². The van der Waals surface area contributed by atoms with Crippen molar-refractivity contribution >= 4 is 17.6 Å². The van der Waals surface area contributed by atoms with E-state index >= 15 is 0 Å². The molecule has 0 aliphatic heterocycles. The number of aryl methyl sites for hydroxylation is 1. The first-order valence-corrected chi connectivity index (χ1v) is 8.62. The molecule has 0 amide bonds. The molecule has 0 bridgehead atoms. The van der Waals surface area contributed by atoms with E-state index in [2.05, 4.69) is 0 Å². The van der Waals surface area contributed by atoms with Crippen LogP contribution in [0.25, 0.3) is 0 Å². The summed E-state index contributed by atoms with van der Waals surface area (Å²) in [6.07, 6.45) is 1.75. The number of methoxy groups -OCH3 is 1. The molecular formula is C20H22N2O8. The maximum absolute atomic E-state index is 11.1. The summed E-state index contributed by atoms with van der Waals surface area (Å²) in [5.41, 5.74) is 7.27. The largest absolute Gasteiger partial charge is 0.493 e. The Morgan fingerprint density at radius 2 is 1.77 bits per heavy atom. The van der Waals surface area contributed by atoms with Crippen LogP contribution < -0.4 is 15.2 Å². The molecule has 0 fully saturated rings. The zero-order valence-electron chi connectivity index (χ0n) is 16.4. The number of nitro groups is 1. The molecular weight excluding hydrogens is 396 g/mol. The lowest BCUT2D eigenvalue weighted by Gasteiger charge is -2.14. The Hall–Kier alpha value is -3.92. The summed E-state index contributed by atoms with van der Waals surface area (Å²) >= 11 is 0. The molecule has 2 aromatic carbocycles. The second-order valence-electron chi connectivity index (χ2n) is 5.83. The average molecular weight is 418 g/mol. The van der Waals surface area contributed by atoms with Gasteiger partial charge in [0.15, 0.2) is 11.5 Å². The lowest BCUT2D eigenvalue weighted by Crippen LogP contribution is -2.05. The molecule has 30 heavy (non-hydrogen) atoms. The molecule has 4 N–H and O–H groups in total. The lowest BCUT2D eigenvalue weighted by molar-refractivity contribution is -0.385. The van der Waals surface area contributed by atoms with E-state index in [0.717, 1.165) is 11.1 Å². The van der Waals surface area contributed by atoms with Crippen LogP contribution >= 0.6 is 0 Å². The van der Waals surface area contributed by atoms with Gasteiger partial charge >= 0.3 is 17.6 Å². The van der Waals surface area contributed by atoms with Crippen LogP contribution in [0, 0.1) is 17.0 Å². The molecule has 2 aromatic rings. The molecule has 0 aliphatic rings. The van der Waals surface area contributed by atoms with Crippen LogP contribution in [0.1, 0.15) is 11.1 Å². The lowest BCUT2D eigenvalue weighted by atomic mass is 10.1. The van der Waals surface area contributed by atoms with Gasteiger partial charge in [-0.15, -0.1) is 0 Å². The fourth-order valence-corrected chi connectivity index (χ4v) is 2.34. The number of ether oxygens (including phenoxy) is 2. The first kappa shape index (κ1) is 24.1. The molecule has 160 valence electrons. The van der Waals surface area contributed by atoms with E-state index in [9.17, 15) is 19.7 Å². The number of nitrogens with two attached hydrogens (primary N) is 1. The van der Waals surface area contributed by atoms with Gasteiger partial charge in [-0.1, -0.05) is 18.2 Å². The van der Waals surface area contributed by atoms with E-state index in [1.54, 1.807) is 18.2 Å². The average Bonchev–Trinajstić information content (AvgIpc) is 2.67. The Bertz CT molecular complexity index is 924. The fraction of sp³-hybridized carbons (Fsp3) is 0.200. The van der Waals surface area contributed by atoms with Crippen LogP contribution in [0.3, 0.4) is 0 Å². The normalized spacial score (nSPS) is 10.1. The van der Waals surface area contributed by atoms with Gasteiger partial charge < -0.3 is 25.4 Å². The van der Waals surface area contributed by atoms with Crippen molar-refractivity contribution in [3.63, 3.8) is 0 Å². The van der Waals surface area contributed by atoms with Gasteiger partial charge in [-0.05, 0) is 43.1 Å². The molecule has 2 rings (SSSR count). The molecule has 0 heterocycles. The van der Waals surface area contributed by atoms with Gasteiger partial charge in [0.2, 0.25) is 5.75 Å². The first-order chi connectivity index (χ1) is 14.2. The van der Waals surface area contributed by atoms with E-state index < -0.39 is 16.9 Å². The van der Waals surface area contributed by atoms with Crippen LogP contribution in [0.15, 0.2) is 48.6 Å². The third-order valence-corrected chi connectivity index (χ3v) is 3.58. The van der Waals surface area contributed by atoms with Gasteiger partial charge in [-0.25, -0.2) is 9.59 Å². The summed E-state index contributed by atoms with van der Waals surface area (Å²) in [6.45, 7) is 2.32. The van der Waals surface area contributed by atoms with Crippen LogP contribution in [-0.4, -0.2) is 40.7 Å². The summed E-state index contributed by atoms with van der Waals surface area (Å²) in [5, 5.41) is 26.7. The predicted octanol–water partition coefficient (Wildman–Crippen LogP) is 2.92. The van der Waals surface area contributed by atoms with E-state index in [-0.39, 0.29) is 11.4 Å². The summed E-state index contributed by atoms with van der Waals surface area (Å²) < 4.78 is 11.1. The van der Waals surface area contributed by atoms with Gasteiger partial charge in [0.05, 0.1) is 12.0 Å². The van der Waals surface area contributed by atoms with Crippen molar-refractivity contribution < 1.29 is 34.2 Å². The van der Waals surface area contributed by atoms with E-state index in [1.807, 2.05) is 19.1 Å². The highest BCUT2D eigenvalue weighted by molar-refractivity contribution is 5.89. The molecule has 0 spiro atoms. The number of para-hydroxylation sites is 1. The highest BCUT2D eigenvalue weighted by atomic mass is 16.6. The topological polar surface area (TPSA) is 162 Å². The molecule has 0 radical (unpaired) electrons. The highest BCUT2D eigenvalue weighted by Crippen LogP contribution is 2.38. The Labute approximate surface area is 172 Å². The second kappa shape index (κ2) is 11.8. The fourth-order valence-electron chi connectivity index (χ4n) is 2.34. The Morgan fingerprint density at radius 1 is 1.13 bits per heavy atom. The van der Waals surface area contributed by atoms with Crippen molar-refractivity contribution in [1.29, 1.82) is 0 Å². The number of carboxylic acids is 2. The zero-order valence-corrected chi connectivity index (χ0v) is 16.4. The first-order valence-electron chi connectivity index (χ1n) is 8.62. The monoisotopic (exact) mass is 418 g/mol. The Kier molecular flexibility index (Phi) is 9.50. The molecule has 10 heteroatoms. The highest BCUT2D eigenvalue weighted by Gasteiger charge is 2.18. The van der Waals surface area contributed by atoms with Crippen LogP contribution in [0.2, 0.25) is 0 Å². The number of benzene rings is 2. The van der Waals surface area contributed by atoms with Crippen molar-refractivity contribution in [2.45, 2.75) is 13.3 Å². The van der Waals surface area contributed by atoms with Crippen molar-refractivity contribution in [2.75, 3.05) is 13.7 Å². The molecule has 0 aromatic heterocycles. The van der Waals surface area contributed by atoms with Crippen molar-refractivity contribution in [2.24, 2.45) is 5.73 Å². The van der Waals surface area contributed by atoms with Gasteiger partial charge in [-0.2, -0.15) is 0 Å². The van der Waals surface area contributed by atoms with Crippen LogP contribution in [-0.2, 0) is 16.0 Å². The maximum Gasteiger partial charge on any atom is 0.328 e. The number of hydrogen-bond acceptors (Lipinski definition) is 7. The number of aliphatic carboxylic acids is 2. The molecule has 10 nitrogen and oxygen atoms in total. The quantitative estimate of drug-likeness (QED) is 0.332. The number of carbonyl (C=O) groups is 2. The van der Waals surface area contributed by atoms with Gasteiger partial charge in [0.25, 0.3) is 0 Å². The number of nitrogens with zero attached hydrogens (tertiary/aromatic N) is 1. The zero-order chi connectivity index (χ0) is 22.7. The van der Waals surface area contributed by atoms with E-state index in [0.29, 0.717) is 36.6 Å². The smallest absolute Gasteiger partial charge is 0.328 e. The summed E-state index contributed by atoms with van der Waals surface area (Å²) in [6, 6.07) is 10.2. The van der Waals surface area contributed by atoms with E-state index in [4.69, 9.17) is 25.4 Å². The summed E-state index contributed by atoms with van der Waals surface area (Å²) in [5.74, 6) is -1.35. The molecule has 0 unspecified atom stereocenters. The molecule has 0 atom stereocenters. The SMILES string of the molecule is COc1c(CCN)cccc1Oc1cc(C)ccc1[N+](=O)[O-].O=C(O)/C=C/C(=O)O. The number of rotatable bonds is 8. The van der Waals surface area contributed by atoms with Crippen LogP contribution in [0.4, 0.5) is 5.69 Å². The van der Waals surface area contributed by atoms with Gasteiger partial charge in [-0.3, -0.25) is 10.1 Å². The summed E-state index contributed by atoms with van der Waals surface area (Å²) in [4.78, 5) is 29.8. The van der Waals surface area contributed by atoms with E-state index in [1.165, 1.54) is 13.2 Å². The molecule has 0 saturated heterocycles. The number of carboxylic acid groups (broad SMARTS) is 2. The molecule has 0 saturated carbocycles. The maximum atomic E-state index is 11.1. The number of hydrogen-bond donors (Lipinski definition) is 3. The van der Waals surface area contributed by atoms with Crippen molar-refractivity contribution in [3.8, 4) is 17.2 Å². The summed E-state index contributed by atoms with van der Waals surface area (Å²) in [7, 11) is 1.53. The minimum absolute atomic E-state index is 0.0862. The molecule has 0 aliphatic carbocycles. The Morgan fingerprint density at radius 3 is 2.27 bits per heavy atom. The number of nitro benzene ring substituents is 1. The third kappa shape index (κ3) is 7.60. The van der Waals surface area contributed by atoms with Crippen LogP contribution in [0.5, 0.6) is 17.2 Å². The van der Waals surface area contributed by atoms with Gasteiger partial charge in [0, 0.05) is 18.2 Å². The minimum atomic E-state index is -1.26. The van der Waals surface area contributed by atoms with Crippen molar-refractivity contribution in [3.05, 3.63) is 69.8 Å².